The highest BCUT2D eigenvalue weighted by atomic mass is 32.2. The highest BCUT2D eigenvalue weighted by Gasteiger charge is 2.51. The molecule has 154 valence electrons. The molecule has 28 heavy (non-hydrogen) atoms. The highest BCUT2D eigenvalue weighted by Crippen LogP contribution is 2.61. The van der Waals surface area contributed by atoms with Crippen molar-refractivity contribution in [3.63, 3.8) is 0 Å². The second-order valence-electron chi connectivity index (χ2n) is 9.77. The van der Waals surface area contributed by atoms with E-state index in [0.717, 1.165) is 17.8 Å². The Labute approximate surface area is 171 Å². The van der Waals surface area contributed by atoms with E-state index in [1.807, 2.05) is 0 Å². The predicted molar refractivity (Wildman–Crippen MR) is 109 cm³/mol. The van der Waals surface area contributed by atoms with Gasteiger partial charge in [-0.25, -0.2) is 8.42 Å². The van der Waals surface area contributed by atoms with Gasteiger partial charge in [0.15, 0.2) is 0 Å². The molecule has 0 atom stereocenters. The normalized spacial score (nSPS) is 35.9. The number of sulfonamides is 1. The minimum Gasteiger partial charge on any atom is -0.353 e. The first-order valence-electron chi connectivity index (χ1n) is 10.7. The maximum absolute atomic E-state index is 12.8. The van der Waals surface area contributed by atoms with Crippen LogP contribution in [-0.2, 0) is 14.8 Å². The average molecular weight is 423 g/mol. The summed E-state index contributed by atoms with van der Waals surface area (Å²) >= 11 is 1.27. The number of piperidine rings is 1. The third-order valence-corrected chi connectivity index (χ3v) is 10.9. The Morgan fingerprint density at radius 1 is 1.11 bits per heavy atom. The SMILES string of the molecule is O=C(CC12CC3CC(CC(C3)C1)C2)NC1CCN(S(=O)(=O)c2cccs2)CC1. The molecule has 2 heterocycles. The summed E-state index contributed by atoms with van der Waals surface area (Å²) in [5, 5.41) is 5.04. The molecule has 4 saturated carbocycles. The van der Waals surface area contributed by atoms with Gasteiger partial charge in [-0.15, -0.1) is 11.3 Å². The lowest BCUT2D eigenvalue weighted by Gasteiger charge is -2.56. The monoisotopic (exact) mass is 422 g/mol. The van der Waals surface area contributed by atoms with Crippen molar-refractivity contribution in [2.45, 2.75) is 68.0 Å². The van der Waals surface area contributed by atoms with E-state index in [1.54, 1.807) is 21.8 Å². The van der Waals surface area contributed by atoms with Crippen molar-refractivity contribution in [3.05, 3.63) is 17.5 Å². The fraction of sp³-hybridized carbons (Fsp3) is 0.762. The molecule has 0 radical (unpaired) electrons. The largest absolute Gasteiger partial charge is 0.353 e. The van der Waals surface area contributed by atoms with E-state index in [1.165, 1.54) is 49.9 Å². The van der Waals surface area contributed by atoms with Crippen LogP contribution in [0.1, 0.15) is 57.8 Å². The first kappa shape index (κ1) is 19.1. The van der Waals surface area contributed by atoms with Gasteiger partial charge < -0.3 is 5.32 Å². The lowest BCUT2D eigenvalue weighted by molar-refractivity contribution is -0.130. The van der Waals surface area contributed by atoms with Crippen LogP contribution in [0.2, 0.25) is 0 Å². The van der Waals surface area contributed by atoms with Gasteiger partial charge in [-0.2, -0.15) is 4.31 Å². The van der Waals surface area contributed by atoms with Crippen molar-refractivity contribution in [1.82, 2.24) is 9.62 Å². The number of hydrogen-bond donors (Lipinski definition) is 1. The lowest BCUT2D eigenvalue weighted by Crippen LogP contribution is -2.50. The zero-order valence-electron chi connectivity index (χ0n) is 16.3. The molecule has 4 aliphatic carbocycles. The van der Waals surface area contributed by atoms with E-state index in [9.17, 15) is 13.2 Å². The summed E-state index contributed by atoms with van der Waals surface area (Å²) in [7, 11) is -3.37. The third kappa shape index (κ3) is 3.54. The Kier molecular flexibility index (Phi) is 4.83. The fourth-order valence-corrected chi connectivity index (χ4v) is 9.52. The van der Waals surface area contributed by atoms with E-state index in [2.05, 4.69) is 5.32 Å². The summed E-state index contributed by atoms with van der Waals surface area (Å²) in [4.78, 5) is 12.8. The minimum atomic E-state index is -3.37. The second-order valence-corrected chi connectivity index (χ2v) is 12.9. The van der Waals surface area contributed by atoms with Crippen LogP contribution in [0, 0.1) is 23.2 Å². The molecule has 7 heteroatoms. The molecule has 5 fully saturated rings. The van der Waals surface area contributed by atoms with Crippen molar-refractivity contribution in [3.8, 4) is 0 Å². The van der Waals surface area contributed by atoms with Gasteiger partial charge in [0.25, 0.3) is 10.0 Å². The van der Waals surface area contributed by atoms with Crippen LogP contribution in [0.25, 0.3) is 0 Å². The Hall–Kier alpha value is -0.920. The Balaban J connectivity index is 1.15. The molecule has 6 rings (SSSR count). The van der Waals surface area contributed by atoms with Gasteiger partial charge in [0.2, 0.25) is 5.91 Å². The quantitative estimate of drug-likeness (QED) is 0.788. The number of amides is 1. The topological polar surface area (TPSA) is 66.5 Å². The summed E-state index contributed by atoms with van der Waals surface area (Å²) in [5.41, 5.74) is 0.266. The number of rotatable bonds is 5. The van der Waals surface area contributed by atoms with Gasteiger partial charge in [-0.05, 0) is 86.0 Å². The maximum Gasteiger partial charge on any atom is 0.252 e. The molecule has 1 aromatic heterocycles. The van der Waals surface area contributed by atoms with Gasteiger partial charge in [0.1, 0.15) is 4.21 Å². The van der Waals surface area contributed by atoms with Crippen LogP contribution < -0.4 is 5.32 Å². The van der Waals surface area contributed by atoms with Crippen LogP contribution in [0.15, 0.2) is 21.7 Å². The van der Waals surface area contributed by atoms with Crippen molar-refractivity contribution in [1.29, 1.82) is 0 Å². The Morgan fingerprint density at radius 2 is 1.71 bits per heavy atom. The smallest absolute Gasteiger partial charge is 0.252 e. The summed E-state index contributed by atoms with van der Waals surface area (Å²) in [6, 6.07) is 3.55. The highest BCUT2D eigenvalue weighted by molar-refractivity contribution is 7.91. The number of carbonyl (C=O) groups excluding carboxylic acids is 1. The van der Waals surface area contributed by atoms with E-state index in [-0.39, 0.29) is 17.4 Å². The van der Waals surface area contributed by atoms with E-state index in [0.29, 0.717) is 36.6 Å². The third-order valence-electron chi connectivity index (χ3n) is 7.61. The molecule has 1 N–H and O–H groups in total. The molecule has 0 unspecified atom stereocenters. The van der Waals surface area contributed by atoms with E-state index < -0.39 is 10.0 Å². The van der Waals surface area contributed by atoms with E-state index >= 15 is 0 Å². The first-order valence-corrected chi connectivity index (χ1v) is 13.1. The standard InChI is InChI=1S/C21H30N2O3S2/c24-19(14-21-11-15-8-16(12-21)10-17(9-15)13-21)22-18-3-5-23(6-4-18)28(25,26)20-2-1-7-27-20/h1-2,7,15-18H,3-6,8-14H2,(H,22,24). The molecular weight excluding hydrogens is 392 g/mol. The Bertz CT molecular complexity index is 791. The molecule has 5 aliphatic rings. The molecule has 4 bridgehead atoms. The zero-order valence-corrected chi connectivity index (χ0v) is 17.9. The molecule has 0 aromatic carbocycles. The van der Waals surface area contributed by atoms with Crippen LogP contribution in [-0.4, -0.2) is 37.8 Å². The number of hydrogen-bond acceptors (Lipinski definition) is 4. The number of nitrogens with zero attached hydrogens (tertiary/aromatic N) is 1. The predicted octanol–water partition coefficient (Wildman–Crippen LogP) is 3.62. The number of thiophene rings is 1. The van der Waals surface area contributed by atoms with Gasteiger partial charge in [0, 0.05) is 25.6 Å². The number of nitrogens with one attached hydrogen (secondary N) is 1. The number of carbonyl (C=O) groups is 1. The van der Waals surface area contributed by atoms with Crippen molar-refractivity contribution < 1.29 is 13.2 Å². The van der Waals surface area contributed by atoms with Gasteiger partial charge in [0.05, 0.1) is 0 Å². The fourth-order valence-electron chi connectivity index (χ4n) is 6.90. The summed E-state index contributed by atoms with van der Waals surface area (Å²) in [5.74, 6) is 2.79. The second kappa shape index (κ2) is 7.10. The van der Waals surface area contributed by atoms with Crippen LogP contribution in [0.4, 0.5) is 0 Å². The van der Waals surface area contributed by atoms with Gasteiger partial charge >= 0.3 is 0 Å². The summed E-state index contributed by atoms with van der Waals surface area (Å²) < 4.78 is 27.3. The maximum atomic E-state index is 12.8. The molecular formula is C21H30N2O3S2. The van der Waals surface area contributed by atoms with Gasteiger partial charge in [-0.3, -0.25) is 4.79 Å². The summed E-state index contributed by atoms with van der Waals surface area (Å²) in [6.07, 6.45) is 10.1. The van der Waals surface area contributed by atoms with Crippen LogP contribution >= 0.6 is 11.3 Å². The van der Waals surface area contributed by atoms with Gasteiger partial charge in [-0.1, -0.05) is 6.07 Å². The van der Waals surface area contributed by atoms with Crippen molar-refractivity contribution in [2.24, 2.45) is 23.2 Å². The summed E-state index contributed by atoms with van der Waals surface area (Å²) in [6.45, 7) is 0.977. The van der Waals surface area contributed by atoms with Crippen molar-refractivity contribution >= 4 is 27.3 Å². The molecule has 1 amide bonds. The molecule has 5 nitrogen and oxygen atoms in total. The Morgan fingerprint density at radius 3 is 2.25 bits per heavy atom. The molecule has 1 aromatic rings. The first-order chi connectivity index (χ1) is 13.4. The van der Waals surface area contributed by atoms with Crippen LogP contribution in [0.3, 0.4) is 0 Å². The van der Waals surface area contributed by atoms with E-state index in [4.69, 9.17) is 0 Å². The molecule has 0 spiro atoms. The lowest BCUT2D eigenvalue weighted by atomic mass is 9.49. The zero-order chi connectivity index (χ0) is 19.4. The molecule has 1 saturated heterocycles. The molecule has 1 aliphatic heterocycles. The minimum absolute atomic E-state index is 0.108. The average Bonchev–Trinajstić information content (AvgIpc) is 3.16. The van der Waals surface area contributed by atoms with Crippen molar-refractivity contribution in [2.75, 3.05) is 13.1 Å². The van der Waals surface area contributed by atoms with Crippen LogP contribution in [0.5, 0.6) is 0 Å².